The van der Waals surface area contributed by atoms with Crippen molar-refractivity contribution in [2.75, 3.05) is 0 Å². The van der Waals surface area contributed by atoms with Crippen molar-refractivity contribution in [1.82, 2.24) is 0 Å². The maximum atomic E-state index is 6.38. The molecule has 4 heteroatoms. The lowest BCUT2D eigenvalue weighted by Crippen LogP contribution is -2.40. The van der Waals surface area contributed by atoms with Crippen LogP contribution in [0.2, 0.25) is 36.3 Å². The van der Waals surface area contributed by atoms with Crippen LogP contribution in [-0.4, -0.2) is 16.6 Å². The molecule has 1 aromatic rings. The van der Waals surface area contributed by atoms with Crippen molar-refractivity contribution in [2.45, 2.75) is 91.0 Å². The molecule has 0 aromatic heterocycles. The zero-order valence-corrected chi connectivity index (χ0v) is 19.2. The molecule has 0 spiro atoms. The summed E-state index contributed by atoms with van der Waals surface area (Å²) < 4.78 is 12.7. The van der Waals surface area contributed by atoms with Gasteiger partial charge in [-0.15, -0.1) is 0 Å². The monoisotopic (exact) mass is 366 g/mol. The van der Waals surface area contributed by atoms with Crippen LogP contribution in [0.5, 0.6) is 0 Å². The molecule has 0 fully saturated rings. The second kappa shape index (κ2) is 8.79. The first-order chi connectivity index (χ1) is 11.1. The first-order valence-corrected chi connectivity index (χ1v) is 14.9. The molecule has 0 atom stereocenters. The molecule has 0 aliphatic rings. The van der Waals surface area contributed by atoms with E-state index in [0.717, 1.165) is 13.2 Å². The van der Waals surface area contributed by atoms with E-state index in [2.05, 4.69) is 78.9 Å². The Bertz CT molecular complexity index is 452. The van der Waals surface area contributed by atoms with Crippen LogP contribution in [0.15, 0.2) is 24.3 Å². The largest absolute Gasteiger partial charge is 0.413 e. The van der Waals surface area contributed by atoms with Gasteiger partial charge in [-0.05, 0) is 47.4 Å². The molecule has 0 saturated heterocycles. The van der Waals surface area contributed by atoms with Gasteiger partial charge in [0, 0.05) is 0 Å². The van der Waals surface area contributed by atoms with E-state index in [1.165, 1.54) is 29.3 Å². The molecule has 0 radical (unpaired) electrons. The Morgan fingerprint density at radius 2 is 1.12 bits per heavy atom. The third-order valence-electron chi connectivity index (χ3n) is 5.91. The van der Waals surface area contributed by atoms with Crippen molar-refractivity contribution in [3.8, 4) is 0 Å². The predicted molar refractivity (Wildman–Crippen MR) is 110 cm³/mol. The smallest absolute Gasteiger partial charge is 0.192 e. The second-order valence-corrected chi connectivity index (χ2v) is 18.0. The molecule has 24 heavy (non-hydrogen) atoms. The van der Waals surface area contributed by atoms with Gasteiger partial charge in [-0.3, -0.25) is 0 Å². The lowest BCUT2D eigenvalue weighted by molar-refractivity contribution is 0.275. The fourth-order valence-electron chi connectivity index (χ4n) is 2.50. The minimum Gasteiger partial charge on any atom is -0.413 e. The van der Waals surface area contributed by atoms with E-state index in [9.17, 15) is 0 Å². The average molecular weight is 367 g/mol. The normalized spacial score (nSPS) is 13.3. The summed E-state index contributed by atoms with van der Waals surface area (Å²) in [6, 6.07) is 12.4. The van der Waals surface area contributed by atoms with Crippen molar-refractivity contribution < 1.29 is 8.85 Å². The molecule has 0 heterocycles. The minimum absolute atomic E-state index is 0.259. The van der Waals surface area contributed by atoms with Gasteiger partial charge in [0.2, 0.25) is 0 Å². The van der Waals surface area contributed by atoms with Crippen molar-refractivity contribution in [2.24, 2.45) is 0 Å². The van der Waals surface area contributed by atoms with E-state index < -0.39 is 16.6 Å². The number of hydrogen-bond donors (Lipinski definition) is 0. The molecular weight excluding hydrogens is 328 g/mol. The molecule has 0 aliphatic carbocycles. The Hall–Kier alpha value is -0.426. The van der Waals surface area contributed by atoms with Crippen LogP contribution < -0.4 is 0 Å². The Morgan fingerprint density at radius 3 is 1.46 bits per heavy atom. The zero-order chi connectivity index (χ0) is 18.4. The van der Waals surface area contributed by atoms with Gasteiger partial charge >= 0.3 is 0 Å². The molecule has 0 bridgehead atoms. The number of hydrogen-bond acceptors (Lipinski definition) is 2. The van der Waals surface area contributed by atoms with Crippen LogP contribution in [-0.2, 0) is 22.1 Å². The van der Waals surface area contributed by atoms with E-state index in [4.69, 9.17) is 8.85 Å². The second-order valence-electron chi connectivity index (χ2n) is 8.40. The first-order valence-electron chi connectivity index (χ1n) is 9.45. The van der Waals surface area contributed by atoms with Gasteiger partial charge in [-0.1, -0.05) is 65.8 Å². The van der Waals surface area contributed by atoms with Gasteiger partial charge in [0.1, 0.15) is 0 Å². The van der Waals surface area contributed by atoms with E-state index >= 15 is 0 Å². The highest BCUT2D eigenvalue weighted by atomic mass is 28.4. The van der Waals surface area contributed by atoms with Gasteiger partial charge in [-0.25, -0.2) is 0 Å². The van der Waals surface area contributed by atoms with E-state index in [0.29, 0.717) is 0 Å². The zero-order valence-electron chi connectivity index (χ0n) is 17.2. The maximum absolute atomic E-state index is 6.38. The summed E-state index contributed by atoms with van der Waals surface area (Å²) >= 11 is 0. The summed E-state index contributed by atoms with van der Waals surface area (Å²) in [5.74, 6) is 0. The Kier molecular flexibility index (Phi) is 7.92. The average Bonchev–Trinajstić information content (AvgIpc) is 2.55. The Morgan fingerprint density at radius 1 is 0.750 bits per heavy atom. The molecule has 0 N–H and O–H groups in total. The van der Waals surface area contributed by atoms with Crippen molar-refractivity contribution >= 4 is 16.6 Å². The van der Waals surface area contributed by atoms with Gasteiger partial charge in [0.05, 0.1) is 13.2 Å². The van der Waals surface area contributed by atoms with Crippen LogP contribution >= 0.6 is 0 Å². The molecule has 0 amide bonds. The third-order valence-corrected chi connectivity index (χ3v) is 15.0. The predicted octanol–water partition coefficient (Wildman–Crippen LogP) is 6.73. The van der Waals surface area contributed by atoms with E-state index in [1.54, 1.807) is 0 Å². The SMILES string of the molecule is CC[Si](CC)(CC)OCc1ccc(CO[Si](C)(C)C(C)(C)C)cc1. The van der Waals surface area contributed by atoms with E-state index in [1.807, 2.05) is 0 Å². The summed E-state index contributed by atoms with van der Waals surface area (Å²) in [7, 11) is -3.17. The number of rotatable bonds is 9. The summed E-state index contributed by atoms with van der Waals surface area (Å²) in [6.45, 7) is 19.8. The molecule has 2 nitrogen and oxygen atoms in total. The highest BCUT2D eigenvalue weighted by Crippen LogP contribution is 2.37. The summed E-state index contributed by atoms with van der Waals surface area (Å²) in [5, 5.41) is 0.259. The molecule has 1 rings (SSSR count). The molecule has 138 valence electrons. The standard InChI is InChI=1S/C20H38O2Si2/c1-9-24(10-2,11-3)22-17-19-14-12-18(13-15-19)16-21-23(7,8)20(4,5)6/h12-15H,9-11,16-17H2,1-8H3. The lowest BCUT2D eigenvalue weighted by Gasteiger charge is -2.36. The van der Waals surface area contributed by atoms with Gasteiger partial charge in [0.15, 0.2) is 16.6 Å². The van der Waals surface area contributed by atoms with Crippen LogP contribution in [0.25, 0.3) is 0 Å². The van der Waals surface area contributed by atoms with Crippen LogP contribution in [0.4, 0.5) is 0 Å². The summed E-state index contributed by atoms with van der Waals surface area (Å²) in [6.07, 6.45) is 0. The summed E-state index contributed by atoms with van der Waals surface area (Å²) in [4.78, 5) is 0. The fourth-order valence-corrected chi connectivity index (χ4v) is 6.05. The van der Waals surface area contributed by atoms with Crippen molar-refractivity contribution in [3.63, 3.8) is 0 Å². The van der Waals surface area contributed by atoms with Gasteiger partial charge in [0.25, 0.3) is 0 Å². The topological polar surface area (TPSA) is 18.5 Å². The quantitative estimate of drug-likeness (QED) is 0.451. The van der Waals surface area contributed by atoms with Crippen LogP contribution in [0, 0.1) is 0 Å². The van der Waals surface area contributed by atoms with Gasteiger partial charge in [-0.2, -0.15) is 0 Å². The van der Waals surface area contributed by atoms with Crippen LogP contribution in [0.3, 0.4) is 0 Å². The first kappa shape index (κ1) is 21.6. The van der Waals surface area contributed by atoms with Crippen molar-refractivity contribution in [1.29, 1.82) is 0 Å². The van der Waals surface area contributed by atoms with Crippen molar-refractivity contribution in [3.05, 3.63) is 35.4 Å². The van der Waals surface area contributed by atoms with E-state index in [-0.39, 0.29) is 5.04 Å². The molecular formula is C20H38O2Si2. The Balaban J connectivity index is 2.61. The molecule has 0 unspecified atom stereocenters. The minimum atomic E-state index is -1.68. The molecule has 0 saturated carbocycles. The number of benzene rings is 1. The maximum Gasteiger partial charge on any atom is 0.192 e. The molecule has 0 aliphatic heterocycles. The lowest BCUT2D eigenvalue weighted by atomic mass is 10.1. The van der Waals surface area contributed by atoms with Crippen LogP contribution in [0.1, 0.15) is 52.7 Å². The fraction of sp³-hybridized carbons (Fsp3) is 0.700. The molecule has 1 aromatic carbocycles. The highest BCUT2D eigenvalue weighted by Gasteiger charge is 2.37. The van der Waals surface area contributed by atoms with Gasteiger partial charge < -0.3 is 8.85 Å². The Labute approximate surface area is 152 Å². The highest BCUT2D eigenvalue weighted by molar-refractivity contribution is 6.74. The summed E-state index contributed by atoms with van der Waals surface area (Å²) in [5.41, 5.74) is 2.53. The third kappa shape index (κ3) is 5.83.